The standard InChI is InChI=1S/C18H21ClN2OS/c1-3-21(4-2)18(23-16-12-10-14(19)11-13-16)17(22)20-15-8-6-5-7-9-15/h5-13,18H,3-4H2,1-2H3,(H,20,22). The van der Waals surface area contributed by atoms with Crippen molar-refractivity contribution in [1.29, 1.82) is 0 Å². The highest BCUT2D eigenvalue weighted by Crippen LogP contribution is 2.28. The van der Waals surface area contributed by atoms with Crippen LogP contribution in [0.3, 0.4) is 0 Å². The summed E-state index contributed by atoms with van der Waals surface area (Å²) in [4.78, 5) is 15.9. The second-order valence-electron chi connectivity index (χ2n) is 5.00. The first-order valence-electron chi connectivity index (χ1n) is 7.66. The van der Waals surface area contributed by atoms with E-state index in [1.54, 1.807) is 0 Å². The molecule has 1 unspecified atom stereocenters. The monoisotopic (exact) mass is 348 g/mol. The van der Waals surface area contributed by atoms with Gasteiger partial charge in [-0.25, -0.2) is 0 Å². The second kappa shape index (κ2) is 8.96. The molecule has 2 aromatic carbocycles. The van der Waals surface area contributed by atoms with Crippen LogP contribution >= 0.6 is 23.4 Å². The van der Waals surface area contributed by atoms with Crippen LogP contribution in [0.4, 0.5) is 5.69 Å². The highest BCUT2D eigenvalue weighted by molar-refractivity contribution is 8.00. The normalized spacial score (nSPS) is 12.2. The number of benzene rings is 2. The Morgan fingerprint density at radius 3 is 2.26 bits per heavy atom. The summed E-state index contributed by atoms with van der Waals surface area (Å²) in [6, 6.07) is 17.1. The molecule has 23 heavy (non-hydrogen) atoms. The number of anilines is 1. The molecule has 0 saturated carbocycles. The Balaban J connectivity index is 2.16. The largest absolute Gasteiger partial charge is 0.324 e. The van der Waals surface area contributed by atoms with Crippen LogP contribution in [0.5, 0.6) is 0 Å². The number of carbonyl (C=O) groups excluding carboxylic acids is 1. The van der Waals surface area contributed by atoms with E-state index in [-0.39, 0.29) is 11.3 Å². The van der Waals surface area contributed by atoms with Gasteiger partial charge in [0.2, 0.25) is 0 Å². The quantitative estimate of drug-likeness (QED) is 0.579. The summed E-state index contributed by atoms with van der Waals surface area (Å²) in [5, 5.41) is 3.41. The van der Waals surface area contributed by atoms with Crippen molar-refractivity contribution in [1.82, 2.24) is 4.90 Å². The van der Waals surface area contributed by atoms with E-state index in [0.29, 0.717) is 5.02 Å². The van der Waals surface area contributed by atoms with Gasteiger partial charge in [-0.1, -0.05) is 55.4 Å². The molecule has 122 valence electrons. The Bertz CT molecular complexity index is 615. The van der Waals surface area contributed by atoms with Gasteiger partial charge in [0, 0.05) is 15.6 Å². The molecule has 2 rings (SSSR count). The number of carbonyl (C=O) groups is 1. The van der Waals surface area contributed by atoms with Gasteiger partial charge in [0.05, 0.1) is 0 Å². The van der Waals surface area contributed by atoms with Gasteiger partial charge in [-0.3, -0.25) is 9.69 Å². The summed E-state index contributed by atoms with van der Waals surface area (Å²) in [6.45, 7) is 5.75. The highest BCUT2D eigenvalue weighted by atomic mass is 35.5. The molecule has 1 amide bonds. The number of thioether (sulfide) groups is 1. The van der Waals surface area contributed by atoms with E-state index in [1.165, 1.54) is 11.8 Å². The van der Waals surface area contributed by atoms with Gasteiger partial charge in [-0.05, 0) is 49.5 Å². The van der Waals surface area contributed by atoms with E-state index in [4.69, 9.17) is 11.6 Å². The fraction of sp³-hybridized carbons (Fsp3) is 0.278. The van der Waals surface area contributed by atoms with Crippen molar-refractivity contribution in [3.05, 3.63) is 59.6 Å². The number of para-hydroxylation sites is 1. The molecule has 0 radical (unpaired) electrons. The smallest absolute Gasteiger partial charge is 0.252 e. The Morgan fingerprint density at radius 1 is 1.09 bits per heavy atom. The third kappa shape index (κ3) is 5.27. The predicted octanol–water partition coefficient (Wildman–Crippen LogP) is 4.74. The lowest BCUT2D eigenvalue weighted by molar-refractivity contribution is -0.118. The summed E-state index contributed by atoms with van der Waals surface area (Å²) in [5.41, 5.74) is 0.811. The fourth-order valence-electron chi connectivity index (χ4n) is 2.22. The van der Waals surface area contributed by atoms with E-state index in [9.17, 15) is 4.79 Å². The lowest BCUT2D eigenvalue weighted by Crippen LogP contribution is -2.41. The fourth-order valence-corrected chi connectivity index (χ4v) is 3.51. The molecule has 0 aliphatic rings. The van der Waals surface area contributed by atoms with Gasteiger partial charge >= 0.3 is 0 Å². The third-order valence-corrected chi connectivity index (χ3v) is 5.00. The average Bonchev–Trinajstić information content (AvgIpc) is 2.57. The number of nitrogens with one attached hydrogen (secondary N) is 1. The molecule has 0 heterocycles. The van der Waals surface area contributed by atoms with Gasteiger partial charge in [0.15, 0.2) is 0 Å². The summed E-state index contributed by atoms with van der Waals surface area (Å²) in [6.07, 6.45) is 0. The molecule has 0 aliphatic heterocycles. The predicted molar refractivity (Wildman–Crippen MR) is 99.1 cm³/mol. The van der Waals surface area contributed by atoms with Crippen LogP contribution in [-0.4, -0.2) is 29.3 Å². The Labute approximate surface area is 147 Å². The molecular formula is C18H21ClN2OS. The molecule has 0 aliphatic carbocycles. The Morgan fingerprint density at radius 2 is 1.70 bits per heavy atom. The number of likely N-dealkylation sites (N-methyl/N-ethyl adjacent to an activating group) is 1. The van der Waals surface area contributed by atoms with Crippen LogP contribution in [0, 0.1) is 0 Å². The molecule has 5 heteroatoms. The zero-order valence-electron chi connectivity index (χ0n) is 13.3. The van der Waals surface area contributed by atoms with Crippen LogP contribution < -0.4 is 5.32 Å². The van der Waals surface area contributed by atoms with Crippen molar-refractivity contribution < 1.29 is 4.79 Å². The van der Waals surface area contributed by atoms with Crippen LogP contribution in [0.25, 0.3) is 0 Å². The number of nitrogens with zero attached hydrogens (tertiary/aromatic N) is 1. The number of hydrogen-bond acceptors (Lipinski definition) is 3. The first-order valence-corrected chi connectivity index (χ1v) is 8.92. The molecule has 1 atom stereocenters. The molecule has 0 aromatic heterocycles. The molecule has 0 fully saturated rings. The van der Waals surface area contributed by atoms with Crippen molar-refractivity contribution in [2.45, 2.75) is 24.1 Å². The van der Waals surface area contributed by atoms with Gasteiger partial charge < -0.3 is 5.32 Å². The Hall–Kier alpha value is -1.49. The van der Waals surface area contributed by atoms with Crippen LogP contribution in [0.1, 0.15) is 13.8 Å². The summed E-state index contributed by atoms with van der Waals surface area (Å²) >= 11 is 7.47. The number of halogens is 1. The average molecular weight is 349 g/mol. The summed E-state index contributed by atoms with van der Waals surface area (Å²) < 4.78 is 0. The van der Waals surface area contributed by atoms with Crippen molar-refractivity contribution in [3.8, 4) is 0 Å². The van der Waals surface area contributed by atoms with E-state index in [0.717, 1.165) is 23.7 Å². The maximum atomic E-state index is 12.7. The van der Waals surface area contributed by atoms with Gasteiger partial charge in [-0.15, -0.1) is 0 Å². The van der Waals surface area contributed by atoms with Crippen molar-refractivity contribution in [2.75, 3.05) is 18.4 Å². The zero-order chi connectivity index (χ0) is 16.7. The summed E-state index contributed by atoms with van der Waals surface area (Å²) in [7, 11) is 0. The zero-order valence-corrected chi connectivity index (χ0v) is 14.9. The minimum atomic E-state index is -0.286. The van der Waals surface area contributed by atoms with Crippen molar-refractivity contribution in [3.63, 3.8) is 0 Å². The molecule has 0 spiro atoms. The molecule has 1 N–H and O–H groups in total. The molecular weight excluding hydrogens is 328 g/mol. The molecule has 0 bridgehead atoms. The van der Waals surface area contributed by atoms with E-state index < -0.39 is 0 Å². The van der Waals surface area contributed by atoms with Gasteiger partial charge in [0.25, 0.3) is 5.91 Å². The van der Waals surface area contributed by atoms with Gasteiger partial charge in [-0.2, -0.15) is 0 Å². The van der Waals surface area contributed by atoms with Gasteiger partial charge in [0.1, 0.15) is 5.37 Å². The molecule has 0 saturated heterocycles. The van der Waals surface area contributed by atoms with Crippen LogP contribution in [0.15, 0.2) is 59.5 Å². The van der Waals surface area contributed by atoms with E-state index in [2.05, 4.69) is 24.1 Å². The lowest BCUT2D eigenvalue weighted by Gasteiger charge is -2.28. The lowest BCUT2D eigenvalue weighted by atomic mass is 10.3. The molecule has 3 nitrogen and oxygen atoms in total. The maximum Gasteiger partial charge on any atom is 0.252 e. The van der Waals surface area contributed by atoms with Crippen molar-refractivity contribution in [2.24, 2.45) is 0 Å². The van der Waals surface area contributed by atoms with Crippen LogP contribution in [0.2, 0.25) is 5.02 Å². The SMILES string of the molecule is CCN(CC)C(Sc1ccc(Cl)cc1)C(=O)Nc1ccccc1. The number of rotatable bonds is 7. The van der Waals surface area contributed by atoms with Crippen LogP contribution in [-0.2, 0) is 4.79 Å². The van der Waals surface area contributed by atoms with E-state index >= 15 is 0 Å². The highest BCUT2D eigenvalue weighted by Gasteiger charge is 2.25. The van der Waals surface area contributed by atoms with E-state index in [1.807, 2.05) is 54.6 Å². The second-order valence-corrected chi connectivity index (χ2v) is 6.59. The Kier molecular flexibility index (Phi) is 6.96. The number of amides is 1. The third-order valence-electron chi connectivity index (χ3n) is 3.47. The minimum Gasteiger partial charge on any atom is -0.324 e. The first-order chi connectivity index (χ1) is 11.1. The maximum absolute atomic E-state index is 12.7. The first kappa shape index (κ1) is 17.9. The topological polar surface area (TPSA) is 32.3 Å². The minimum absolute atomic E-state index is 0.0140. The number of hydrogen-bond donors (Lipinski definition) is 1. The van der Waals surface area contributed by atoms with Crippen molar-refractivity contribution >= 4 is 35.0 Å². The summed E-state index contributed by atoms with van der Waals surface area (Å²) in [5.74, 6) is -0.0140. The molecule has 2 aromatic rings.